The first kappa shape index (κ1) is 25.5. The number of hydrogen-bond acceptors (Lipinski definition) is 4. The molecule has 1 unspecified atom stereocenters. The number of rotatable bonds is 7. The summed E-state index contributed by atoms with van der Waals surface area (Å²) < 4.78 is 5.19. The Kier molecular flexibility index (Phi) is 10.6. The fourth-order valence-corrected chi connectivity index (χ4v) is 4.26. The Labute approximate surface area is 202 Å². The van der Waals surface area contributed by atoms with Gasteiger partial charge in [-0.15, -0.1) is 24.0 Å². The van der Waals surface area contributed by atoms with Crippen molar-refractivity contribution in [3.05, 3.63) is 23.7 Å². The van der Waals surface area contributed by atoms with Gasteiger partial charge in [0.05, 0.1) is 6.26 Å². The van der Waals surface area contributed by atoms with Gasteiger partial charge in [0, 0.05) is 50.7 Å². The van der Waals surface area contributed by atoms with Crippen molar-refractivity contribution in [3.63, 3.8) is 0 Å². The summed E-state index contributed by atoms with van der Waals surface area (Å²) in [4.78, 5) is 31.0. The SMILES string of the molecule is CN=C(NCCCNC(=O)c1occc1C)NC1CCN(C(=O)C2CCCCC2)C1.I. The molecule has 1 saturated heterocycles. The highest BCUT2D eigenvalue weighted by molar-refractivity contribution is 14.0. The first-order chi connectivity index (χ1) is 14.6. The summed E-state index contributed by atoms with van der Waals surface area (Å²) in [5.74, 6) is 1.49. The molecular weight excluding hydrogens is 509 g/mol. The lowest BCUT2D eigenvalue weighted by molar-refractivity contribution is -0.135. The molecule has 2 fully saturated rings. The Morgan fingerprint density at radius 3 is 2.58 bits per heavy atom. The minimum atomic E-state index is -0.186. The van der Waals surface area contributed by atoms with Gasteiger partial charge in [-0.25, -0.2) is 0 Å². The predicted molar refractivity (Wildman–Crippen MR) is 132 cm³/mol. The molecule has 31 heavy (non-hydrogen) atoms. The number of aliphatic imine (C=N–C) groups is 1. The Hall–Kier alpha value is -1.78. The predicted octanol–water partition coefficient (Wildman–Crippen LogP) is 2.67. The zero-order valence-corrected chi connectivity index (χ0v) is 20.9. The fourth-order valence-electron chi connectivity index (χ4n) is 4.26. The van der Waals surface area contributed by atoms with E-state index in [4.69, 9.17) is 4.42 Å². The topological polar surface area (TPSA) is 99.0 Å². The van der Waals surface area contributed by atoms with E-state index in [1.165, 1.54) is 25.5 Å². The normalized spacial score (nSPS) is 19.6. The second kappa shape index (κ2) is 12.9. The number of aryl methyl sites for hydroxylation is 1. The van der Waals surface area contributed by atoms with Gasteiger partial charge in [-0.3, -0.25) is 14.6 Å². The van der Waals surface area contributed by atoms with E-state index < -0.39 is 0 Å². The van der Waals surface area contributed by atoms with Gasteiger partial charge in [0.15, 0.2) is 11.7 Å². The molecule has 1 aromatic heterocycles. The van der Waals surface area contributed by atoms with Crippen LogP contribution in [-0.2, 0) is 4.79 Å². The summed E-state index contributed by atoms with van der Waals surface area (Å²) in [5, 5.41) is 9.57. The molecule has 174 valence electrons. The van der Waals surface area contributed by atoms with Gasteiger partial charge in [0.2, 0.25) is 5.91 Å². The summed E-state index contributed by atoms with van der Waals surface area (Å²) >= 11 is 0. The molecule has 1 saturated carbocycles. The third-order valence-electron chi connectivity index (χ3n) is 6.02. The molecule has 2 amide bonds. The lowest BCUT2D eigenvalue weighted by Crippen LogP contribution is -2.46. The average molecular weight is 545 g/mol. The number of carbonyl (C=O) groups excluding carboxylic acids is 2. The number of hydrogen-bond donors (Lipinski definition) is 3. The molecule has 1 atom stereocenters. The molecule has 1 aliphatic carbocycles. The first-order valence-electron chi connectivity index (χ1n) is 11.2. The van der Waals surface area contributed by atoms with Gasteiger partial charge >= 0.3 is 0 Å². The number of carbonyl (C=O) groups is 2. The second-order valence-corrected chi connectivity index (χ2v) is 8.29. The number of halogens is 1. The molecule has 2 aliphatic rings. The van der Waals surface area contributed by atoms with E-state index in [0.717, 1.165) is 50.3 Å². The molecule has 1 aliphatic heterocycles. The number of guanidine groups is 1. The van der Waals surface area contributed by atoms with Crippen LogP contribution in [0, 0.1) is 12.8 Å². The molecule has 9 heteroatoms. The summed E-state index contributed by atoms with van der Waals surface area (Å²) in [7, 11) is 1.75. The molecule has 0 aromatic carbocycles. The number of amides is 2. The molecule has 8 nitrogen and oxygen atoms in total. The summed E-state index contributed by atoms with van der Waals surface area (Å²) in [6.45, 7) is 4.66. The lowest BCUT2D eigenvalue weighted by atomic mass is 9.88. The van der Waals surface area contributed by atoms with E-state index in [9.17, 15) is 9.59 Å². The lowest BCUT2D eigenvalue weighted by Gasteiger charge is -2.26. The summed E-state index contributed by atoms with van der Waals surface area (Å²) in [6.07, 6.45) is 8.96. The Morgan fingerprint density at radius 2 is 1.90 bits per heavy atom. The van der Waals surface area contributed by atoms with Gasteiger partial charge in [-0.1, -0.05) is 19.3 Å². The zero-order chi connectivity index (χ0) is 21.3. The van der Waals surface area contributed by atoms with Crippen LogP contribution in [0.15, 0.2) is 21.7 Å². The van der Waals surface area contributed by atoms with Crippen LogP contribution >= 0.6 is 24.0 Å². The van der Waals surface area contributed by atoms with E-state index in [1.807, 2.05) is 11.8 Å². The highest BCUT2D eigenvalue weighted by Crippen LogP contribution is 2.26. The smallest absolute Gasteiger partial charge is 0.287 e. The van der Waals surface area contributed by atoms with Gasteiger partial charge < -0.3 is 25.3 Å². The minimum absolute atomic E-state index is 0. The average Bonchev–Trinajstić information content (AvgIpc) is 3.41. The van der Waals surface area contributed by atoms with Crippen molar-refractivity contribution in [2.75, 3.05) is 33.2 Å². The molecule has 3 N–H and O–H groups in total. The van der Waals surface area contributed by atoms with Gasteiger partial charge in [0.1, 0.15) is 0 Å². The van der Waals surface area contributed by atoms with Crippen molar-refractivity contribution >= 4 is 41.8 Å². The Bertz CT molecular complexity index is 745. The van der Waals surface area contributed by atoms with Crippen molar-refractivity contribution in [3.8, 4) is 0 Å². The number of nitrogens with one attached hydrogen (secondary N) is 3. The summed E-state index contributed by atoms with van der Waals surface area (Å²) in [6, 6.07) is 2.00. The number of likely N-dealkylation sites (tertiary alicyclic amines) is 1. The van der Waals surface area contributed by atoms with E-state index in [2.05, 4.69) is 20.9 Å². The Morgan fingerprint density at radius 1 is 1.16 bits per heavy atom. The molecule has 0 radical (unpaired) electrons. The zero-order valence-electron chi connectivity index (χ0n) is 18.6. The largest absolute Gasteiger partial charge is 0.459 e. The number of furan rings is 1. The van der Waals surface area contributed by atoms with Crippen LogP contribution in [0.4, 0.5) is 0 Å². The van der Waals surface area contributed by atoms with Crippen molar-refractivity contribution in [2.24, 2.45) is 10.9 Å². The molecule has 0 spiro atoms. The quantitative estimate of drug-likeness (QED) is 0.212. The fraction of sp³-hybridized carbons (Fsp3) is 0.682. The molecule has 2 heterocycles. The van der Waals surface area contributed by atoms with E-state index in [0.29, 0.717) is 24.8 Å². The van der Waals surface area contributed by atoms with Crippen LogP contribution in [0.3, 0.4) is 0 Å². The van der Waals surface area contributed by atoms with Crippen molar-refractivity contribution in [2.45, 2.75) is 57.9 Å². The van der Waals surface area contributed by atoms with Crippen LogP contribution in [0.2, 0.25) is 0 Å². The highest BCUT2D eigenvalue weighted by atomic mass is 127. The van der Waals surface area contributed by atoms with E-state index in [-0.39, 0.29) is 41.8 Å². The maximum Gasteiger partial charge on any atom is 0.287 e. The van der Waals surface area contributed by atoms with Gasteiger partial charge in [-0.05, 0) is 38.7 Å². The molecular formula is C22H36IN5O3. The minimum Gasteiger partial charge on any atom is -0.459 e. The maximum absolute atomic E-state index is 12.7. The van der Waals surface area contributed by atoms with Crippen LogP contribution in [0.25, 0.3) is 0 Å². The van der Waals surface area contributed by atoms with Crippen LogP contribution in [-0.4, -0.2) is 61.9 Å². The first-order valence-corrected chi connectivity index (χ1v) is 11.2. The molecule has 3 rings (SSSR count). The standard InChI is InChI=1S/C22H35N5O3.HI/c1-16-10-14-30-19(16)20(28)24-11-6-12-25-22(23-2)26-18-9-13-27(15-18)21(29)17-7-4-3-5-8-17;/h10,14,17-18H,3-9,11-13,15H2,1-2H3,(H,24,28)(H2,23,25,26);1H. The molecule has 1 aromatic rings. The van der Waals surface area contributed by atoms with Crippen LogP contribution in [0.5, 0.6) is 0 Å². The van der Waals surface area contributed by atoms with E-state index in [1.54, 1.807) is 13.1 Å². The molecule has 0 bridgehead atoms. The number of nitrogens with zero attached hydrogens (tertiary/aromatic N) is 2. The summed E-state index contributed by atoms with van der Waals surface area (Å²) in [5.41, 5.74) is 0.836. The van der Waals surface area contributed by atoms with Gasteiger partial charge in [0.25, 0.3) is 5.91 Å². The van der Waals surface area contributed by atoms with Gasteiger partial charge in [-0.2, -0.15) is 0 Å². The third-order valence-corrected chi connectivity index (χ3v) is 6.02. The Balaban J connectivity index is 0.00000341. The van der Waals surface area contributed by atoms with Crippen LogP contribution < -0.4 is 16.0 Å². The van der Waals surface area contributed by atoms with Crippen molar-refractivity contribution < 1.29 is 14.0 Å². The second-order valence-electron chi connectivity index (χ2n) is 8.29. The third kappa shape index (κ3) is 7.40. The van der Waals surface area contributed by atoms with Crippen LogP contribution in [0.1, 0.15) is 61.1 Å². The highest BCUT2D eigenvalue weighted by Gasteiger charge is 2.31. The van der Waals surface area contributed by atoms with Crippen molar-refractivity contribution in [1.29, 1.82) is 0 Å². The monoisotopic (exact) mass is 545 g/mol. The van der Waals surface area contributed by atoms with Crippen molar-refractivity contribution in [1.82, 2.24) is 20.9 Å². The van der Waals surface area contributed by atoms with E-state index >= 15 is 0 Å². The maximum atomic E-state index is 12.7.